The third-order valence-corrected chi connectivity index (χ3v) is 14.7. The molecule has 0 aromatic carbocycles. The molecule has 0 aliphatic rings. The summed E-state index contributed by atoms with van der Waals surface area (Å²) in [4.78, 5) is 38.3. The number of carbonyl (C=O) groups excluding carboxylic acids is 3. The van der Waals surface area contributed by atoms with Crippen molar-refractivity contribution in [1.29, 1.82) is 0 Å². The van der Waals surface area contributed by atoms with Crippen molar-refractivity contribution in [2.75, 3.05) is 13.2 Å². The number of hydrogen-bond donors (Lipinski definition) is 0. The molecule has 0 N–H and O–H groups in total. The molecule has 0 heterocycles. The Hall–Kier alpha value is -4.45. The molecule has 0 aliphatic heterocycles. The fraction of sp³-hybridized carbons (Fsp3) is 0.675. The zero-order valence-corrected chi connectivity index (χ0v) is 54.2. The molecular weight excluding hydrogens is 1020 g/mol. The van der Waals surface area contributed by atoms with E-state index in [-0.39, 0.29) is 37.5 Å². The number of allylic oxidation sites excluding steroid dienone is 22. The molecule has 0 aromatic heterocycles. The SMILES string of the molecule is CC/C=C\C/C=C\C/C=C\C/C=C\C/C=C\C/C=C\CCC(=O)OC(COC(=O)CCCCCCCCCCCCC)COC(=O)CCCCCCCCCCCCCCCCCCCCC/C=C\C/C=C\C/C=C\C/C=C\C/C=C\CC. The lowest BCUT2D eigenvalue weighted by Crippen LogP contribution is -2.30. The van der Waals surface area contributed by atoms with Crippen LogP contribution < -0.4 is 0 Å². The van der Waals surface area contributed by atoms with Gasteiger partial charge in [0.25, 0.3) is 0 Å². The van der Waals surface area contributed by atoms with Crippen LogP contribution in [0.1, 0.15) is 316 Å². The molecule has 0 fully saturated rings. The second-order valence-corrected chi connectivity index (χ2v) is 22.7. The van der Waals surface area contributed by atoms with Crippen LogP contribution in [0.5, 0.6) is 0 Å². The monoisotopic (exact) mass is 1150 g/mol. The number of ether oxygens (including phenoxy) is 3. The summed E-state index contributed by atoms with van der Waals surface area (Å²) in [5, 5.41) is 0. The molecule has 0 rings (SSSR count). The molecular formula is C77H128O6. The summed E-state index contributed by atoms with van der Waals surface area (Å²) in [6.45, 7) is 6.36. The quantitative estimate of drug-likeness (QED) is 0.0261. The highest BCUT2D eigenvalue weighted by atomic mass is 16.6. The van der Waals surface area contributed by atoms with Crippen LogP contribution in [-0.4, -0.2) is 37.2 Å². The van der Waals surface area contributed by atoms with Crippen molar-refractivity contribution >= 4 is 17.9 Å². The van der Waals surface area contributed by atoms with Crippen LogP contribution in [0.25, 0.3) is 0 Å². The van der Waals surface area contributed by atoms with Gasteiger partial charge in [0.2, 0.25) is 0 Å². The standard InChI is InChI=1S/C77H128O6/c1-4-7-10-13-16-19-22-24-26-28-30-31-32-33-34-35-36-37-38-39-40-41-42-43-44-45-47-48-50-52-55-58-61-64-67-70-76(79)82-73-74(72-81-75(78)69-66-63-60-57-54-21-18-15-12-9-6-3)83-77(80)71-68-65-62-59-56-53-51-49-46-29-27-25-23-20-17-14-11-8-5-2/h7-8,10-11,16-17,19-20,24-27,30-31,33-34,46,49,53,56,62,65,74H,4-6,9,12-15,18,21-23,28-29,32,35-45,47-48,50-52,54-55,57-61,63-64,66-73H2,1-3H3/b10-7-,11-8-,19-16-,20-17-,26-24-,27-25-,31-30-,34-33-,49-46-,56-53-,65-62-. The molecule has 0 saturated heterocycles. The second kappa shape index (κ2) is 70.0. The molecule has 6 nitrogen and oxygen atoms in total. The van der Waals surface area contributed by atoms with E-state index >= 15 is 0 Å². The lowest BCUT2D eigenvalue weighted by molar-refractivity contribution is -0.166. The zero-order chi connectivity index (χ0) is 59.9. The highest BCUT2D eigenvalue weighted by Gasteiger charge is 2.19. The first-order chi connectivity index (χ1) is 41.0. The van der Waals surface area contributed by atoms with Gasteiger partial charge in [-0.1, -0.05) is 328 Å². The minimum absolute atomic E-state index is 0.106. The molecule has 1 atom stereocenters. The van der Waals surface area contributed by atoms with Crippen molar-refractivity contribution < 1.29 is 28.6 Å². The predicted octanol–water partition coefficient (Wildman–Crippen LogP) is 24.1. The molecule has 1 unspecified atom stereocenters. The Kier molecular flexibility index (Phi) is 66.3. The molecule has 472 valence electrons. The van der Waals surface area contributed by atoms with Crippen LogP contribution in [0.15, 0.2) is 134 Å². The molecule has 83 heavy (non-hydrogen) atoms. The van der Waals surface area contributed by atoms with E-state index in [0.717, 1.165) is 109 Å². The van der Waals surface area contributed by atoms with E-state index in [0.29, 0.717) is 19.3 Å². The van der Waals surface area contributed by atoms with E-state index in [1.807, 2.05) is 6.08 Å². The fourth-order valence-electron chi connectivity index (χ4n) is 9.56. The maximum absolute atomic E-state index is 12.9. The van der Waals surface area contributed by atoms with Crippen molar-refractivity contribution in [1.82, 2.24) is 0 Å². The number of rotatable bonds is 62. The Bertz CT molecular complexity index is 1750. The van der Waals surface area contributed by atoms with Crippen molar-refractivity contribution in [3.63, 3.8) is 0 Å². The maximum Gasteiger partial charge on any atom is 0.306 e. The largest absolute Gasteiger partial charge is 0.462 e. The highest BCUT2D eigenvalue weighted by Crippen LogP contribution is 2.17. The molecule has 0 amide bonds. The van der Waals surface area contributed by atoms with Crippen LogP contribution >= 0.6 is 0 Å². The summed E-state index contributed by atoms with van der Waals surface area (Å²) in [5.41, 5.74) is 0. The first-order valence-corrected chi connectivity index (χ1v) is 34.7. The van der Waals surface area contributed by atoms with E-state index in [4.69, 9.17) is 14.2 Å². The van der Waals surface area contributed by atoms with Crippen molar-refractivity contribution in [3.05, 3.63) is 134 Å². The molecule has 0 spiro atoms. The summed E-state index contributed by atoms with van der Waals surface area (Å²) < 4.78 is 16.8. The molecule has 0 saturated carbocycles. The van der Waals surface area contributed by atoms with Gasteiger partial charge in [0.15, 0.2) is 6.10 Å². The second-order valence-electron chi connectivity index (χ2n) is 22.7. The van der Waals surface area contributed by atoms with E-state index in [1.165, 1.54) is 161 Å². The van der Waals surface area contributed by atoms with Gasteiger partial charge < -0.3 is 14.2 Å². The normalized spacial score (nSPS) is 13.0. The van der Waals surface area contributed by atoms with Gasteiger partial charge in [-0.15, -0.1) is 0 Å². The lowest BCUT2D eigenvalue weighted by Gasteiger charge is -2.18. The van der Waals surface area contributed by atoms with E-state index in [2.05, 4.69) is 148 Å². The highest BCUT2D eigenvalue weighted by molar-refractivity contribution is 5.71. The minimum atomic E-state index is -0.819. The minimum Gasteiger partial charge on any atom is -0.462 e. The molecule has 0 bridgehead atoms. The summed E-state index contributed by atoms with van der Waals surface area (Å²) in [7, 11) is 0. The predicted molar refractivity (Wildman–Crippen MR) is 362 cm³/mol. The van der Waals surface area contributed by atoms with Gasteiger partial charge in [0.1, 0.15) is 13.2 Å². The first kappa shape index (κ1) is 78.5. The van der Waals surface area contributed by atoms with Crippen LogP contribution in [0.2, 0.25) is 0 Å². The van der Waals surface area contributed by atoms with Gasteiger partial charge in [-0.2, -0.15) is 0 Å². The average Bonchev–Trinajstić information content (AvgIpc) is 3.48. The van der Waals surface area contributed by atoms with Gasteiger partial charge >= 0.3 is 17.9 Å². The van der Waals surface area contributed by atoms with Gasteiger partial charge in [0, 0.05) is 19.3 Å². The van der Waals surface area contributed by atoms with Crippen LogP contribution in [0, 0.1) is 0 Å². The number of carbonyl (C=O) groups is 3. The van der Waals surface area contributed by atoms with Crippen molar-refractivity contribution in [3.8, 4) is 0 Å². The van der Waals surface area contributed by atoms with E-state index < -0.39 is 6.10 Å². The zero-order valence-electron chi connectivity index (χ0n) is 54.2. The summed E-state index contributed by atoms with van der Waals surface area (Å²) in [6, 6.07) is 0. The Morgan fingerprint density at radius 3 is 0.783 bits per heavy atom. The Morgan fingerprint density at radius 2 is 0.494 bits per heavy atom. The summed E-state index contributed by atoms with van der Waals surface area (Å²) in [5.74, 6) is -0.983. The van der Waals surface area contributed by atoms with Gasteiger partial charge in [0.05, 0.1) is 0 Å². The van der Waals surface area contributed by atoms with Crippen molar-refractivity contribution in [2.24, 2.45) is 0 Å². The van der Waals surface area contributed by atoms with E-state index in [1.54, 1.807) is 0 Å². The van der Waals surface area contributed by atoms with Crippen molar-refractivity contribution in [2.45, 2.75) is 322 Å². The van der Waals surface area contributed by atoms with Gasteiger partial charge in [-0.3, -0.25) is 14.4 Å². The number of esters is 3. The Labute approximate surface area is 513 Å². The third-order valence-electron chi connectivity index (χ3n) is 14.7. The van der Waals surface area contributed by atoms with Gasteiger partial charge in [-0.05, 0) is 103 Å². The fourth-order valence-corrected chi connectivity index (χ4v) is 9.56. The smallest absolute Gasteiger partial charge is 0.306 e. The van der Waals surface area contributed by atoms with Gasteiger partial charge in [-0.25, -0.2) is 0 Å². The Balaban J connectivity index is 4.19. The molecule has 0 aliphatic carbocycles. The Morgan fingerprint density at radius 1 is 0.253 bits per heavy atom. The summed E-state index contributed by atoms with van der Waals surface area (Å²) >= 11 is 0. The topological polar surface area (TPSA) is 78.9 Å². The third kappa shape index (κ3) is 68.2. The van der Waals surface area contributed by atoms with Crippen LogP contribution in [0.3, 0.4) is 0 Å². The summed E-state index contributed by atoms with van der Waals surface area (Å²) in [6.07, 6.45) is 99.3. The molecule has 6 heteroatoms. The lowest BCUT2D eigenvalue weighted by atomic mass is 10.0. The maximum atomic E-state index is 12.9. The average molecular weight is 1150 g/mol. The van der Waals surface area contributed by atoms with Crippen LogP contribution in [-0.2, 0) is 28.6 Å². The van der Waals surface area contributed by atoms with Crippen LogP contribution in [0.4, 0.5) is 0 Å². The van der Waals surface area contributed by atoms with E-state index in [9.17, 15) is 14.4 Å². The number of hydrogen-bond acceptors (Lipinski definition) is 6. The first-order valence-electron chi connectivity index (χ1n) is 34.7. The number of unbranched alkanes of at least 4 members (excludes halogenated alkanes) is 29. The molecule has 0 aromatic rings. The molecule has 0 radical (unpaired) electrons.